The average Bonchev–Trinajstić information content (AvgIpc) is 2.53. The third-order valence-corrected chi connectivity index (χ3v) is 3.62. The monoisotopic (exact) mass is 433 g/mol. The van der Waals surface area contributed by atoms with E-state index in [1.54, 1.807) is 0 Å². The van der Waals surface area contributed by atoms with E-state index in [2.05, 4.69) is 53.7 Å². The molecule has 0 heterocycles. The van der Waals surface area contributed by atoms with Gasteiger partial charge in [0.2, 0.25) is 0 Å². The summed E-state index contributed by atoms with van der Waals surface area (Å²) in [6.45, 7) is 9.83. The number of guanidine groups is 1. The third-order valence-electron chi connectivity index (χ3n) is 3.62. The molecule has 0 bridgehead atoms. The van der Waals surface area contributed by atoms with Gasteiger partial charge in [0, 0.05) is 33.4 Å². The second kappa shape index (κ2) is 13.6. The lowest BCUT2D eigenvalue weighted by molar-refractivity contribution is 0.143. The fraction of sp³-hybridized carbons (Fsp3) is 0.611. The predicted molar refractivity (Wildman–Crippen MR) is 110 cm³/mol. The molecule has 2 N–H and O–H groups in total. The lowest BCUT2D eigenvalue weighted by Gasteiger charge is -2.16. The molecule has 0 aliphatic heterocycles. The van der Waals surface area contributed by atoms with E-state index in [9.17, 15) is 0 Å². The minimum atomic E-state index is 0. The Morgan fingerprint density at radius 1 is 1.26 bits per heavy atom. The van der Waals surface area contributed by atoms with Crippen molar-refractivity contribution in [1.29, 1.82) is 0 Å². The number of aliphatic imine (C=N–C) groups is 1. The van der Waals surface area contributed by atoms with Crippen molar-refractivity contribution >= 4 is 29.9 Å². The molecule has 0 aromatic heterocycles. The topological polar surface area (TPSA) is 45.6 Å². The first-order valence-electron chi connectivity index (χ1n) is 8.26. The Labute approximate surface area is 158 Å². The van der Waals surface area contributed by atoms with Crippen molar-refractivity contribution in [2.24, 2.45) is 4.99 Å². The maximum atomic E-state index is 5.33. The predicted octanol–water partition coefficient (Wildman–Crippen LogP) is 3.70. The van der Waals surface area contributed by atoms with Crippen LogP contribution in [0.2, 0.25) is 0 Å². The van der Waals surface area contributed by atoms with E-state index in [0.29, 0.717) is 5.92 Å². The highest BCUT2D eigenvalue weighted by molar-refractivity contribution is 14.0. The van der Waals surface area contributed by atoms with Crippen LogP contribution in [0.5, 0.6) is 0 Å². The first-order valence-corrected chi connectivity index (χ1v) is 8.26. The van der Waals surface area contributed by atoms with Crippen LogP contribution in [-0.4, -0.2) is 39.3 Å². The van der Waals surface area contributed by atoms with Crippen LogP contribution in [0.25, 0.3) is 0 Å². The van der Waals surface area contributed by atoms with Gasteiger partial charge in [-0.05, 0) is 38.2 Å². The van der Waals surface area contributed by atoms with Crippen LogP contribution in [0.15, 0.2) is 29.3 Å². The minimum absolute atomic E-state index is 0. The Balaban J connectivity index is 0.00000484. The van der Waals surface area contributed by atoms with Gasteiger partial charge < -0.3 is 15.4 Å². The smallest absolute Gasteiger partial charge is 0.190 e. The highest BCUT2D eigenvalue weighted by Gasteiger charge is 2.06. The first kappa shape index (κ1) is 22.2. The number of ether oxygens (including phenoxy) is 1. The summed E-state index contributed by atoms with van der Waals surface area (Å²) in [6.07, 6.45) is 2.17. The standard InChI is InChI=1S/C18H31N3O.HI/c1-5-22-12-7-6-11-20-18(19-4)21-14-16(3)17-10-8-9-15(2)13-17;/h8-10,13,16H,5-7,11-12,14H2,1-4H3,(H2,19,20,21);1H. The summed E-state index contributed by atoms with van der Waals surface area (Å²) >= 11 is 0. The van der Waals surface area contributed by atoms with Crippen LogP contribution in [-0.2, 0) is 4.74 Å². The van der Waals surface area contributed by atoms with Gasteiger partial charge >= 0.3 is 0 Å². The fourth-order valence-corrected chi connectivity index (χ4v) is 2.25. The zero-order chi connectivity index (χ0) is 16.2. The van der Waals surface area contributed by atoms with Gasteiger partial charge in [0.05, 0.1) is 0 Å². The molecule has 132 valence electrons. The van der Waals surface area contributed by atoms with Crippen LogP contribution in [0.1, 0.15) is 43.7 Å². The molecule has 5 heteroatoms. The second-order valence-electron chi connectivity index (χ2n) is 5.60. The molecule has 1 aromatic carbocycles. The first-order chi connectivity index (χ1) is 10.7. The van der Waals surface area contributed by atoms with E-state index in [-0.39, 0.29) is 24.0 Å². The molecular weight excluding hydrogens is 401 g/mol. The van der Waals surface area contributed by atoms with Crippen LogP contribution >= 0.6 is 24.0 Å². The molecule has 0 amide bonds. The number of benzene rings is 1. The summed E-state index contributed by atoms with van der Waals surface area (Å²) < 4.78 is 5.33. The molecule has 0 saturated carbocycles. The Morgan fingerprint density at radius 2 is 2.04 bits per heavy atom. The highest BCUT2D eigenvalue weighted by atomic mass is 127. The third kappa shape index (κ3) is 9.81. The molecule has 0 fully saturated rings. The van der Waals surface area contributed by atoms with Crippen molar-refractivity contribution in [3.63, 3.8) is 0 Å². The summed E-state index contributed by atoms with van der Waals surface area (Å²) in [6, 6.07) is 8.68. The van der Waals surface area contributed by atoms with E-state index in [1.165, 1.54) is 11.1 Å². The lowest BCUT2D eigenvalue weighted by atomic mass is 9.99. The van der Waals surface area contributed by atoms with E-state index < -0.39 is 0 Å². The van der Waals surface area contributed by atoms with Gasteiger partial charge in [0.15, 0.2) is 5.96 Å². The Kier molecular flexibility index (Phi) is 13.1. The van der Waals surface area contributed by atoms with Gasteiger partial charge in [-0.15, -0.1) is 24.0 Å². The normalized spacial score (nSPS) is 12.4. The van der Waals surface area contributed by atoms with E-state index >= 15 is 0 Å². The zero-order valence-electron chi connectivity index (χ0n) is 14.9. The average molecular weight is 433 g/mol. The van der Waals surface area contributed by atoms with E-state index in [1.807, 2.05) is 14.0 Å². The molecule has 4 nitrogen and oxygen atoms in total. The number of nitrogens with zero attached hydrogens (tertiary/aromatic N) is 1. The number of hydrogen-bond donors (Lipinski definition) is 2. The van der Waals surface area contributed by atoms with Crippen molar-refractivity contribution in [1.82, 2.24) is 10.6 Å². The SMILES string of the molecule is CCOCCCCNC(=NC)NCC(C)c1cccc(C)c1.I. The molecule has 0 aliphatic rings. The number of halogens is 1. The van der Waals surface area contributed by atoms with Crippen molar-refractivity contribution in [3.8, 4) is 0 Å². The molecule has 0 radical (unpaired) electrons. The molecule has 0 spiro atoms. The quantitative estimate of drug-likeness (QED) is 0.270. The molecule has 1 atom stereocenters. The Morgan fingerprint density at radius 3 is 2.70 bits per heavy atom. The molecule has 0 aliphatic carbocycles. The van der Waals surface area contributed by atoms with Crippen molar-refractivity contribution < 1.29 is 4.74 Å². The van der Waals surface area contributed by atoms with E-state index in [0.717, 1.165) is 45.1 Å². The van der Waals surface area contributed by atoms with Crippen molar-refractivity contribution in [2.75, 3.05) is 33.4 Å². The number of rotatable bonds is 9. The number of nitrogens with one attached hydrogen (secondary N) is 2. The molecule has 23 heavy (non-hydrogen) atoms. The highest BCUT2D eigenvalue weighted by Crippen LogP contribution is 2.15. The fourth-order valence-electron chi connectivity index (χ4n) is 2.25. The molecule has 1 unspecified atom stereocenters. The zero-order valence-corrected chi connectivity index (χ0v) is 17.2. The van der Waals surface area contributed by atoms with Gasteiger partial charge in [-0.25, -0.2) is 0 Å². The van der Waals surface area contributed by atoms with Gasteiger partial charge in [-0.3, -0.25) is 4.99 Å². The number of aryl methyl sites for hydroxylation is 1. The van der Waals surface area contributed by atoms with Crippen LogP contribution in [0.4, 0.5) is 0 Å². The van der Waals surface area contributed by atoms with Gasteiger partial charge in [0.25, 0.3) is 0 Å². The summed E-state index contributed by atoms with van der Waals surface area (Å²) in [5, 5.41) is 6.74. The summed E-state index contributed by atoms with van der Waals surface area (Å²) in [4.78, 5) is 4.27. The molecule has 1 rings (SSSR count). The lowest BCUT2D eigenvalue weighted by Crippen LogP contribution is -2.39. The largest absolute Gasteiger partial charge is 0.382 e. The van der Waals surface area contributed by atoms with Gasteiger partial charge in [0.1, 0.15) is 0 Å². The minimum Gasteiger partial charge on any atom is -0.382 e. The summed E-state index contributed by atoms with van der Waals surface area (Å²) in [7, 11) is 1.81. The maximum Gasteiger partial charge on any atom is 0.190 e. The number of unbranched alkanes of at least 4 members (excludes halogenated alkanes) is 1. The Hall–Kier alpha value is -0.820. The van der Waals surface area contributed by atoms with Gasteiger partial charge in [-0.1, -0.05) is 36.8 Å². The van der Waals surface area contributed by atoms with Crippen LogP contribution < -0.4 is 10.6 Å². The molecular formula is C18H32IN3O. The van der Waals surface area contributed by atoms with Crippen molar-refractivity contribution in [3.05, 3.63) is 35.4 Å². The number of hydrogen-bond acceptors (Lipinski definition) is 2. The van der Waals surface area contributed by atoms with Crippen LogP contribution in [0.3, 0.4) is 0 Å². The maximum absolute atomic E-state index is 5.33. The molecule has 0 saturated heterocycles. The van der Waals surface area contributed by atoms with Crippen LogP contribution in [0, 0.1) is 6.92 Å². The summed E-state index contributed by atoms with van der Waals surface area (Å²) in [5.74, 6) is 1.33. The second-order valence-corrected chi connectivity index (χ2v) is 5.60. The Bertz CT molecular complexity index is 452. The van der Waals surface area contributed by atoms with Gasteiger partial charge in [-0.2, -0.15) is 0 Å². The van der Waals surface area contributed by atoms with E-state index in [4.69, 9.17) is 4.74 Å². The molecule has 1 aromatic rings. The van der Waals surface area contributed by atoms with Crippen molar-refractivity contribution in [2.45, 2.75) is 39.5 Å². The summed E-state index contributed by atoms with van der Waals surface area (Å²) in [5.41, 5.74) is 2.67.